The number of para-hydroxylation sites is 1. The van der Waals surface area contributed by atoms with Crippen LogP contribution >= 0.6 is 0 Å². The number of rotatable bonds is 6. The maximum Gasteiger partial charge on any atom is 0.291 e. The van der Waals surface area contributed by atoms with Crippen LogP contribution in [0.1, 0.15) is 26.5 Å². The standard InChI is InChI=1S/C24H16N2O5/c27-23(17-6-2-1-3-7-17)19-8-4-5-9-20(19)25-24(28)22-15-14-21(31-22)16-10-12-18(13-11-16)26(29)30/h1-15H,(H,25,28). The summed E-state index contributed by atoms with van der Waals surface area (Å²) in [5, 5.41) is 13.5. The lowest BCUT2D eigenvalue weighted by Gasteiger charge is -2.09. The zero-order chi connectivity index (χ0) is 21.8. The number of nitro groups is 1. The highest BCUT2D eigenvalue weighted by molar-refractivity contribution is 6.15. The molecule has 0 bridgehead atoms. The second-order valence-corrected chi connectivity index (χ2v) is 6.66. The predicted octanol–water partition coefficient (Wildman–Crippen LogP) is 5.34. The molecule has 0 radical (unpaired) electrons. The van der Waals surface area contributed by atoms with E-state index in [1.807, 2.05) is 6.07 Å². The van der Waals surface area contributed by atoms with E-state index in [-0.39, 0.29) is 17.2 Å². The molecule has 0 unspecified atom stereocenters. The fourth-order valence-corrected chi connectivity index (χ4v) is 3.08. The van der Waals surface area contributed by atoms with Gasteiger partial charge < -0.3 is 9.73 Å². The van der Waals surface area contributed by atoms with Crippen LogP contribution in [-0.4, -0.2) is 16.6 Å². The van der Waals surface area contributed by atoms with Crippen LogP contribution in [0, 0.1) is 10.1 Å². The minimum atomic E-state index is -0.513. The van der Waals surface area contributed by atoms with Gasteiger partial charge in [-0.15, -0.1) is 0 Å². The quantitative estimate of drug-likeness (QED) is 0.262. The Balaban J connectivity index is 1.55. The van der Waals surface area contributed by atoms with Crippen molar-refractivity contribution in [3.63, 3.8) is 0 Å². The van der Waals surface area contributed by atoms with E-state index >= 15 is 0 Å². The number of non-ortho nitro benzene ring substituents is 1. The van der Waals surface area contributed by atoms with Gasteiger partial charge in [0.15, 0.2) is 11.5 Å². The second kappa shape index (κ2) is 8.46. The molecule has 1 amide bonds. The van der Waals surface area contributed by atoms with Gasteiger partial charge in [-0.2, -0.15) is 0 Å². The molecule has 0 saturated heterocycles. The number of amides is 1. The van der Waals surface area contributed by atoms with Gasteiger partial charge in [0.2, 0.25) is 0 Å². The second-order valence-electron chi connectivity index (χ2n) is 6.66. The van der Waals surface area contributed by atoms with Gasteiger partial charge in [0.1, 0.15) is 5.76 Å². The zero-order valence-corrected chi connectivity index (χ0v) is 16.1. The Morgan fingerprint density at radius 2 is 1.48 bits per heavy atom. The Morgan fingerprint density at radius 1 is 0.806 bits per heavy atom. The molecule has 4 aromatic rings. The molecule has 1 aromatic heterocycles. The predicted molar refractivity (Wildman–Crippen MR) is 115 cm³/mol. The Labute approximate surface area is 177 Å². The van der Waals surface area contributed by atoms with Crippen molar-refractivity contribution in [2.24, 2.45) is 0 Å². The molecule has 7 heteroatoms. The summed E-state index contributed by atoms with van der Waals surface area (Å²) in [5.74, 6) is -0.270. The van der Waals surface area contributed by atoms with E-state index in [0.717, 1.165) is 0 Å². The minimum absolute atomic E-state index is 0.0343. The average Bonchev–Trinajstić information content (AvgIpc) is 3.30. The van der Waals surface area contributed by atoms with Crippen LogP contribution in [0.25, 0.3) is 11.3 Å². The lowest BCUT2D eigenvalue weighted by atomic mass is 10.0. The van der Waals surface area contributed by atoms with Crippen molar-refractivity contribution < 1.29 is 18.9 Å². The molecule has 4 rings (SSSR count). The van der Waals surface area contributed by atoms with Crippen LogP contribution in [0.15, 0.2) is 95.4 Å². The third-order valence-electron chi connectivity index (χ3n) is 4.65. The number of carbonyl (C=O) groups excluding carboxylic acids is 2. The Morgan fingerprint density at radius 3 is 2.19 bits per heavy atom. The number of carbonyl (C=O) groups is 2. The molecule has 0 aliphatic rings. The molecule has 7 nitrogen and oxygen atoms in total. The maximum atomic E-state index is 12.8. The number of benzene rings is 3. The number of ketones is 1. The zero-order valence-electron chi connectivity index (χ0n) is 16.1. The molecule has 0 fully saturated rings. The van der Waals surface area contributed by atoms with Crippen molar-refractivity contribution >= 4 is 23.1 Å². The lowest BCUT2D eigenvalue weighted by molar-refractivity contribution is -0.384. The van der Waals surface area contributed by atoms with Crippen LogP contribution < -0.4 is 5.32 Å². The molecular weight excluding hydrogens is 396 g/mol. The number of hydrogen-bond donors (Lipinski definition) is 1. The number of nitro benzene ring substituents is 1. The van der Waals surface area contributed by atoms with Crippen molar-refractivity contribution in [1.29, 1.82) is 0 Å². The summed E-state index contributed by atoms with van der Waals surface area (Å²) >= 11 is 0. The van der Waals surface area contributed by atoms with Gasteiger partial charge in [-0.3, -0.25) is 19.7 Å². The monoisotopic (exact) mass is 412 g/mol. The van der Waals surface area contributed by atoms with Gasteiger partial charge in [0, 0.05) is 28.8 Å². The minimum Gasteiger partial charge on any atom is -0.451 e. The van der Waals surface area contributed by atoms with E-state index in [4.69, 9.17) is 4.42 Å². The molecule has 152 valence electrons. The van der Waals surface area contributed by atoms with Crippen LogP contribution in [-0.2, 0) is 0 Å². The van der Waals surface area contributed by atoms with Crippen molar-refractivity contribution in [2.75, 3.05) is 5.32 Å². The fourth-order valence-electron chi connectivity index (χ4n) is 3.08. The highest BCUT2D eigenvalue weighted by atomic mass is 16.6. The largest absolute Gasteiger partial charge is 0.451 e. The first kappa shape index (κ1) is 19.8. The first-order valence-corrected chi connectivity index (χ1v) is 9.38. The third kappa shape index (κ3) is 4.25. The number of furan rings is 1. The maximum absolute atomic E-state index is 12.8. The van der Waals surface area contributed by atoms with Gasteiger partial charge in [-0.1, -0.05) is 42.5 Å². The van der Waals surface area contributed by atoms with Crippen LogP contribution in [0.5, 0.6) is 0 Å². The molecule has 3 aromatic carbocycles. The molecule has 0 saturated carbocycles. The third-order valence-corrected chi connectivity index (χ3v) is 4.65. The van der Waals surface area contributed by atoms with Gasteiger partial charge in [0.05, 0.1) is 10.6 Å². The number of nitrogens with zero attached hydrogens (tertiary/aromatic N) is 1. The van der Waals surface area contributed by atoms with Gasteiger partial charge in [-0.25, -0.2) is 0 Å². The van der Waals surface area contributed by atoms with E-state index in [0.29, 0.717) is 28.1 Å². The van der Waals surface area contributed by atoms with E-state index in [2.05, 4.69) is 5.32 Å². The van der Waals surface area contributed by atoms with Crippen molar-refractivity contribution in [3.05, 3.63) is 118 Å². The summed E-state index contributed by atoms with van der Waals surface area (Å²) in [7, 11) is 0. The normalized spacial score (nSPS) is 10.5. The first-order chi connectivity index (χ1) is 15.0. The van der Waals surface area contributed by atoms with E-state index in [1.54, 1.807) is 66.7 Å². The summed E-state index contributed by atoms with van der Waals surface area (Å²) in [6.45, 7) is 0. The first-order valence-electron chi connectivity index (χ1n) is 9.38. The SMILES string of the molecule is O=C(Nc1ccccc1C(=O)c1ccccc1)c1ccc(-c2ccc([N+](=O)[O-])cc2)o1. The number of nitrogens with one attached hydrogen (secondary N) is 1. The highest BCUT2D eigenvalue weighted by Crippen LogP contribution is 2.26. The van der Waals surface area contributed by atoms with E-state index in [9.17, 15) is 19.7 Å². The van der Waals surface area contributed by atoms with Crippen molar-refractivity contribution in [3.8, 4) is 11.3 Å². The van der Waals surface area contributed by atoms with Crippen molar-refractivity contribution in [2.45, 2.75) is 0 Å². The van der Waals surface area contributed by atoms with Crippen molar-refractivity contribution in [1.82, 2.24) is 0 Å². The molecule has 31 heavy (non-hydrogen) atoms. The van der Waals surface area contributed by atoms with Gasteiger partial charge >= 0.3 is 0 Å². The van der Waals surface area contributed by atoms with Crippen LogP contribution in [0.3, 0.4) is 0 Å². The number of hydrogen-bond acceptors (Lipinski definition) is 5. The summed E-state index contributed by atoms with van der Waals surface area (Å²) in [5.41, 5.74) is 1.82. The molecule has 1 N–H and O–H groups in total. The fraction of sp³-hybridized carbons (Fsp3) is 0. The Bertz CT molecular complexity index is 1260. The molecular formula is C24H16N2O5. The van der Waals surface area contributed by atoms with E-state index in [1.165, 1.54) is 18.2 Å². The van der Waals surface area contributed by atoms with Gasteiger partial charge in [0.25, 0.3) is 11.6 Å². The smallest absolute Gasteiger partial charge is 0.291 e. The summed E-state index contributed by atoms with van der Waals surface area (Å²) in [6, 6.07) is 24.5. The van der Waals surface area contributed by atoms with Crippen LogP contribution in [0.2, 0.25) is 0 Å². The van der Waals surface area contributed by atoms with Gasteiger partial charge in [-0.05, 0) is 36.4 Å². The Kier molecular flexibility index (Phi) is 5.40. The average molecular weight is 412 g/mol. The summed E-state index contributed by atoms with van der Waals surface area (Å²) in [6.07, 6.45) is 0. The van der Waals surface area contributed by atoms with Crippen LogP contribution in [0.4, 0.5) is 11.4 Å². The Hall–Kier alpha value is -4.52. The summed E-state index contributed by atoms with van der Waals surface area (Å²) < 4.78 is 5.62. The topological polar surface area (TPSA) is 102 Å². The molecule has 0 aliphatic heterocycles. The molecule has 0 atom stereocenters. The number of anilines is 1. The highest BCUT2D eigenvalue weighted by Gasteiger charge is 2.18. The van der Waals surface area contributed by atoms with E-state index < -0.39 is 10.8 Å². The molecule has 1 heterocycles. The summed E-state index contributed by atoms with van der Waals surface area (Å²) in [4.78, 5) is 35.8. The molecule has 0 aliphatic carbocycles. The molecule has 0 spiro atoms. The lowest BCUT2D eigenvalue weighted by Crippen LogP contribution is -2.14.